The summed E-state index contributed by atoms with van der Waals surface area (Å²) < 4.78 is 5.38. The van der Waals surface area contributed by atoms with Gasteiger partial charge in [-0.25, -0.2) is 0 Å². The number of hydrogen-bond acceptors (Lipinski definition) is 4. The maximum atomic E-state index is 12.8. The number of rotatable bonds is 4. The van der Waals surface area contributed by atoms with Gasteiger partial charge in [-0.15, -0.1) is 0 Å². The summed E-state index contributed by atoms with van der Waals surface area (Å²) in [7, 11) is 1.71. The number of nitrogens with one attached hydrogen (secondary N) is 1. The molecule has 3 aliphatic rings. The van der Waals surface area contributed by atoms with Crippen molar-refractivity contribution in [2.45, 2.75) is 19.4 Å². The molecule has 0 aliphatic carbocycles. The maximum absolute atomic E-state index is 12.8. The van der Waals surface area contributed by atoms with E-state index in [-0.39, 0.29) is 29.1 Å². The molecule has 1 aromatic rings. The largest absolute Gasteiger partial charge is 0.381 e. The highest BCUT2D eigenvalue weighted by molar-refractivity contribution is 5.83. The number of likely N-dealkylation sites (tertiary alicyclic amines) is 2. The lowest BCUT2D eigenvalue weighted by Gasteiger charge is -2.51. The van der Waals surface area contributed by atoms with Gasteiger partial charge < -0.3 is 15.0 Å². The van der Waals surface area contributed by atoms with E-state index >= 15 is 0 Å². The molecule has 6 nitrogen and oxygen atoms in total. The topological polar surface area (TPSA) is 61.9 Å². The van der Waals surface area contributed by atoms with Crippen LogP contribution in [0.4, 0.5) is 0 Å². The fourth-order valence-electron chi connectivity index (χ4n) is 4.96. The smallest absolute Gasteiger partial charge is 0.225 e. The predicted octanol–water partition coefficient (Wildman–Crippen LogP) is 1.12. The summed E-state index contributed by atoms with van der Waals surface area (Å²) in [6.07, 6.45) is 1.64. The van der Waals surface area contributed by atoms with Gasteiger partial charge >= 0.3 is 0 Å². The van der Waals surface area contributed by atoms with E-state index in [2.05, 4.69) is 34.5 Å². The van der Waals surface area contributed by atoms with Crippen LogP contribution in [0, 0.1) is 17.3 Å². The molecule has 0 bridgehead atoms. The van der Waals surface area contributed by atoms with Crippen molar-refractivity contribution in [2.75, 3.05) is 46.4 Å². The molecule has 1 unspecified atom stereocenters. The molecule has 1 aromatic carbocycles. The van der Waals surface area contributed by atoms with Crippen LogP contribution in [-0.2, 0) is 20.9 Å². The van der Waals surface area contributed by atoms with Crippen LogP contribution >= 0.6 is 0 Å². The van der Waals surface area contributed by atoms with E-state index in [9.17, 15) is 9.59 Å². The summed E-state index contributed by atoms with van der Waals surface area (Å²) in [5.74, 6) is 0.395. The molecule has 0 saturated carbocycles. The van der Waals surface area contributed by atoms with Gasteiger partial charge in [-0.05, 0) is 18.4 Å². The average Bonchev–Trinajstić information content (AvgIpc) is 3.06. The Balaban J connectivity index is 1.42. The quantitative estimate of drug-likeness (QED) is 0.862. The normalized spacial score (nSPS) is 25.4. The van der Waals surface area contributed by atoms with Gasteiger partial charge in [0.15, 0.2) is 0 Å². The number of hydrogen-bond donors (Lipinski definition) is 1. The molecule has 2 amide bonds. The Labute approximate surface area is 160 Å². The Hall–Kier alpha value is -1.92. The first kappa shape index (κ1) is 18.4. The van der Waals surface area contributed by atoms with Crippen LogP contribution < -0.4 is 5.32 Å². The summed E-state index contributed by atoms with van der Waals surface area (Å²) in [5.41, 5.74) is 1.16. The Morgan fingerprint density at radius 3 is 2.52 bits per heavy atom. The summed E-state index contributed by atoms with van der Waals surface area (Å²) in [4.78, 5) is 29.7. The maximum Gasteiger partial charge on any atom is 0.225 e. The molecule has 1 N–H and O–H groups in total. The van der Waals surface area contributed by atoms with E-state index in [0.717, 1.165) is 32.5 Å². The third-order valence-corrected chi connectivity index (χ3v) is 6.42. The molecule has 3 heterocycles. The van der Waals surface area contributed by atoms with Crippen molar-refractivity contribution in [1.82, 2.24) is 15.1 Å². The fraction of sp³-hybridized carbons (Fsp3) is 0.619. The first-order chi connectivity index (χ1) is 13.1. The van der Waals surface area contributed by atoms with Gasteiger partial charge in [-0.3, -0.25) is 14.5 Å². The molecule has 3 saturated heterocycles. The van der Waals surface area contributed by atoms with E-state index < -0.39 is 0 Å². The lowest BCUT2D eigenvalue weighted by molar-refractivity contribution is -0.155. The number of amides is 2. The van der Waals surface area contributed by atoms with Crippen LogP contribution in [0.25, 0.3) is 0 Å². The van der Waals surface area contributed by atoms with Crippen molar-refractivity contribution < 1.29 is 14.3 Å². The van der Waals surface area contributed by atoms with Crippen LogP contribution in [0.1, 0.15) is 18.4 Å². The van der Waals surface area contributed by atoms with E-state index in [4.69, 9.17) is 4.74 Å². The molecule has 0 radical (unpaired) electrons. The zero-order valence-electron chi connectivity index (χ0n) is 16.0. The first-order valence-electron chi connectivity index (χ1n) is 9.96. The number of ether oxygens (including phenoxy) is 1. The molecule has 27 heavy (non-hydrogen) atoms. The van der Waals surface area contributed by atoms with Crippen LogP contribution in [-0.4, -0.2) is 68.1 Å². The highest BCUT2D eigenvalue weighted by Crippen LogP contribution is 2.45. The van der Waals surface area contributed by atoms with Gasteiger partial charge in [-0.2, -0.15) is 0 Å². The number of carbonyl (C=O) groups excluding carboxylic acids is 2. The van der Waals surface area contributed by atoms with E-state index in [1.807, 2.05) is 11.0 Å². The number of benzene rings is 1. The van der Waals surface area contributed by atoms with Gasteiger partial charge in [0, 0.05) is 64.3 Å². The van der Waals surface area contributed by atoms with Crippen LogP contribution in [0.3, 0.4) is 0 Å². The van der Waals surface area contributed by atoms with E-state index in [1.165, 1.54) is 5.56 Å². The van der Waals surface area contributed by atoms with Gasteiger partial charge in [0.1, 0.15) is 0 Å². The van der Waals surface area contributed by atoms with Gasteiger partial charge in [0.05, 0.1) is 5.92 Å². The SMILES string of the molecule is CNC(=O)C1CN(Cc2ccccc2)CC12CN(C(=O)C1CCOCC1)C2. The Kier molecular flexibility index (Phi) is 5.19. The minimum absolute atomic E-state index is 0.0510. The zero-order chi connectivity index (χ0) is 18.9. The second kappa shape index (κ2) is 7.60. The van der Waals surface area contributed by atoms with Crippen molar-refractivity contribution in [3.05, 3.63) is 35.9 Å². The molecule has 6 heteroatoms. The lowest BCUT2D eigenvalue weighted by Crippen LogP contribution is -2.65. The molecule has 3 fully saturated rings. The third kappa shape index (κ3) is 3.60. The molecule has 1 spiro atoms. The van der Waals surface area contributed by atoms with Crippen LogP contribution in [0.15, 0.2) is 30.3 Å². The summed E-state index contributed by atoms with van der Waals surface area (Å²) in [5, 5.41) is 2.84. The molecule has 4 rings (SSSR count). The van der Waals surface area contributed by atoms with E-state index in [0.29, 0.717) is 26.3 Å². The van der Waals surface area contributed by atoms with Crippen molar-refractivity contribution in [3.8, 4) is 0 Å². The van der Waals surface area contributed by atoms with Crippen molar-refractivity contribution in [1.29, 1.82) is 0 Å². The monoisotopic (exact) mass is 371 g/mol. The highest BCUT2D eigenvalue weighted by atomic mass is 16.5. The molecular weight excluding hydrogens is 342 g/mol. The summed E-state index contributed by atoms with van der Waals surface area (Å²) >= 11 is 0. The second-order valence-electron chi connectivity index (χ2n) is 8.27. The molecule has 3 aliphatic heterocycles. The van der Waals surface area contributed by atoms with Crippen LogP contribution in [0.2, 0.25) is 0 Å². The molecule has 146 valence electrons. The fourth-order valence-corrected chi connectivity index (χ4v) is 4.96. The Bertz CT molecular complexity index is 681. The van der Waals surface area contributed by atoms with Gasteiger partial charge in [0.2, 0.25) is 11.8 Å². The third-order valence-electron chi connectivity index (χ3n) is 6.42. The van der Waals surface area contributed by atoms with Crippen molar-refractivity contribution in [2.24, 2.45) is 17.3 Å². The molecule has 0 aromatic heterocycles. The first-order valence-corrected chi connectivity index (χ1v) is 9.96. The summed E-state index contributed by atoms with van der Waals surface area (Å²) in [6.45, 7) is 5.25. The minimum Gasteiger partial charge on any atom is -0.381 e. The molecular formula is C21H29N3O3. The molecule has 1 atom stereocenters. The van der Waals surface area contributed by atoms with Crippen LogP contribution in [0.5, 0.6) is 0 Å². The van der Waals surface area contributed by atoms with Gasteiger partial charge in [0.25, 0.3) is 0 Å². The second-order valence-corrected chi connectivity index (χ2v) is 8.27. The highest BCUT2D eigenvalue weighted by Gasteiger charge is 2.57. The minimum atomic E-state index is -0.101. The average molecular weight is 371 g/mol. The van der Waals surface area contributed by atoms with Crippen molar-refractivity contribution >= 4 is 11.8 Å². The predicted molar refractivity (Wildman–Crippen MR) is 102 cm³/mol. The number of nitrogens with zero attached hydrogens (tertiary/aromatic N) is 2. The Morgan fingerprint density at radius 1 is 1.15 bits per heavy atom. The standard InChI is InChI=1S/C21H29N3O3/c1-22-19(25)18-12-23(11-16-5-3-2-4-6-16)13-21(18)14-24(15-21)20(26)17-7-9-27-10-8-17/h2-6,17-18H,7-15H2,1H3,(H,22,25). The summed E-state index contributed by atoms with van der Waals surface area (Å²) in [6, 6.07) is 10.4. The lowest BCUT2D eigenvalue weighted by atomic mass is 9.70. The zero-order valence-corrected chi connectivity index (χ0v) is 16.0. The van der Waals surface area contributed by atoms with Gasteiger partial charge in [-0.1, -0.05) is 30.3 Å². The Morgan fingerprint density at radius 2 is 1.85 bits per heavy atom. The van der Waals surface area contributed by atoms with Crippen molar-refractivity contribution in [3.63, 3.8) is 0 Å². The van der Waals surface area contributed by atoms with E-state index in [1.54, 1.807) is 7.05 Å². The number of carbonyl (C=O) groups is 2.